The molecular formula is C12H23NO. The number of hydrogen-bond donors (Lipinski definition) is 1. The van der Waals surface area contributed by atoms with Crippen LogP contribution >= 0.6 is 0 Å². The topological polar surface area (TPSA) is 43.1 Å². The lowest BCUT2D eigenvalue weighted by molar-refractivity contribution is -0.119. The zero-order valence-corrected chi connectivity index (χ0v) is 9.30. The third kappa shape index (κ3) is 4.12. The van der Waals surface area contributed by atoms with Gasteiger partial charge in [-0.05, 0) is 18.8 Å². The maximum atomic E-state index is 10.8. The summed E-state index contributed by atoms with van der Waals surface area (Å²) in [7, 11) is 0. The zero-order chi connectivity index (χ0) is 10.4. The first-order valence-corrected chi connectivity index (χ1v) is 6.05. The van der Waals surface area contributed by atoms with Gasteiger partial charge in [-0.2, -0.15) is 0 Å². The highest BCUT2D eigenvalue weighted by Gasteiger charge is 2.40. The van der Waals surface area contributed by atoms with Crippen molar-refractivity contribution in [2.24, 2.45) is 17.6 Å². The molecule has 0 aromatic carbocycles. The van der Waals surface area contributed by atoms with Crippen LogP contribution in [-0.2, 0) is 4.79 Å². The third-order valence-electron chi connectivity index (χ3n) is 3.22. The van der Waals surface area contributed by atoms with Gasteiger partial charge >= 0.3 is 0 Å². The summed E-state index contributed by atoms with van der Waals surface area (Å²) in [6, 6.07) is 0. The summed E-state index contributed by atoms with van der Waals surface area (Å²) >= 11 is 0. The molecule has 0 unspecified atom stereocenters. The van der Waals surface area contributed by atoms with Crippen molar-refractivity contribution in [3.8, 4) is 0 Å². The molecule has 0 aromatic rings. The first-order valence-electron chi connectivity index (χ1n) is 6.05. The van der Waals surface area contributed by atoms with Gasteiger partial charge in [0.1, 0.15) is 0 Å². The second kappa shape index (κ2) is 6.05. The average molecular weight is 197 g/mol. The molecule has 0 aliphatic heterocycles. The van der Waals surface area contributed by atoms with Crippen molar-refractivity contribution in [3.05, 3.63) is 0 Å². The van der Waals surface area contributed by atoms with Crippen LogP contribution in [0.25, 0.3) is 0 Å². The normalized spacial score (nSPS) is 24.9. The predicted molar refractivity (Wildman–Crippen MR) is 58.8 cm³/mol. The van der Waals surface area contributed by atoms with E-state index in [-0.39, 0.29) is 11.8 Å². The van der Waals surface area contributed by atoms with Crippen LogP contribution < -0.4 is 5.73 Å². The van der Waals surface area contributed by atoms with Crippen LogP contribution in [0, 0.1) is 11.8 Å². The SMILES string of the molecule is CCCCCCCC[C@H]1C[C@H]1C(N)=O. The molecular weight excluding hydrogens is 174 g/mol. The highest BCUT2D eigenvalue weighted by Crippen LogP contribution is 2.41. The maximum Gasteiger partial charge on any atom is 0.220 e. The van der Waals surface area contributed by atoms with E-state index in [1.54, 1.807) is 0 Å². The summed E-state index contributed by atoms with van der Waals surface area (Å²) < 4.78 is 0. The first kappa shape index (κ1) is 11.5. The molecule has 1 rings (SSSR count). The van der Waals surface area contributed by atoms with E-state index in [1.165, 1.54) is 44.9 Å². The van der Waals surface area contributed by atoms with Gasteiger partial charge in [-0.1, -0.05) is 45.4 Å². The molecule has 0 bridgehead atoms. The number of carbonyl (C=O) groups excluding carboxylic acids is 1. The second-order valence-electron chi connectivity index (χ2n) is 4.56. The molecule has 2 nitrogen and oxygen atoms in total. The van der Waals surface area contributed by atoms with E-state index in [0.717, 1.165) is 6.42 Å². The standard InChI is InChI=1S/C12H23NO/c1-2-3-4-5-6-7-8-10-9-11(10)12(13)14/h10-11H,2-9H2,1H3,(H2,13,14)/t10-,11+/m0/s1. The Morgan fingerprint density at radius 2 is 1.86 bits per heavy atom. The van der Waals surface area contributed by atoms with Crippen LogP contribution in [-0.4, -0.2) is 5.91 Å². The minimum Gasteiger partial charge on any atom is -0.369 e. The quantitative estimate of drug-likeness (QED) is 0.597. The van der Waals surface area contributed by atoms with Crippen molar-refractivity contribution in [2.45, 2.75) is 58.3 Å². The van der Waals surface area contributed by atoms with Gasteiger partial charge in [0.05, 0.1) is 0 Å². The molecule has 0 radical (unpaired) electrons. The molecule has 1 fully saturated rings. The molecule has 1 amide bonds. The molecule has 1 aliphatic rings. The predicted octanol–water partition coefficient (Wildman–Crippen LogP) is 2.86. The Hall–Kier alpha value is -0.530. The number of amides is 1. The summed E-state index contributed by atoms with van der Waals surface area (Å²) in [4.78, 5) is 10.8. The van der Waals surface area contributed by atoms with E-state index < -0.39 is 0 Å². The fourth-order valence-corrected chi connectivity index (χ4v) is 2.10. The molecule has 0 spiro atoms. The van der Waals surface area contributed by atoms with Crippen molar-refractivity contribution in [1.29, 1.82) is 0 Å². The minimum absolute atomic E-state index is 0.0824. The smallest absolute Gasteiger partial charge is 0.220 e. The molecule has 1 saturated carbocycles. The van der Waals surface area contributed by atoms with Gasteiger partial charge in [0.15, 0.2) is 0 Å². The molecule has 2 heteroatoms. The summed E-state index contributed by atoms with van der Waals surface area (Å²) in [5.41, 5.74) is 5.22. The number of primary amides is 1. The minimum atomic E-state index is -0.0824. The van der Waals surface area contributed by atoms with E-state index in [4.69, 9.17) is 5.73 Å². The maximum absolute atomic E-state index is 10.8. The lowest BCUT2D eigenvalue weighted by Crippen LogP contribution is -2.13. The fourth-order valence-electron chi connectivity index (χ4n) is 2.10. The summed E-state index contributed by atoms with van der Waals surface area (Å²) in [5, 5.41) is 0. The fraction of sp³-hybridized carbons (Fsp3) is 0.917. The summed E-state index contributed by atoms with van der Waals surface area (Å²) in [6.45, 7) is 2.24. The van der Waals surface area contributed by atoms with Crippen molar-refractivity contribution in [3.63, 3.8) is 0 Å². The Morgan fingerprint density at radius 1 is 1.21 bits per heavy atom. The Bertz CT molecular complexity index is 179. The molecule has 2 N–H and O–H groups in total. The van der Waals surface area contributed by atoms with Crippen LogP contribution in [0.15, 0.2) is 0 Å². The Kier molecular flexibility index (Phi) is 4.99. The van der Waals surface area contributed by atoms with Gasteiger partial charge in [0.25, 0.3) is 0 Å². The van der Waals surface area contributed by atoms with E-state index in [1.807, 2.05) is 0 Å². The first-order chi connectivity index (χ1) is 6.75. The molecule has 1 aliphatic carbocycles. The number of nitrogens with two attached hydrogens (primary N) is 1. The van der Waals surface area contributed by atoms with Gasteiger partial charge in [0, 0.05) is 5.92 Å². The highest BCUT2D eigenvalue weighted by atomic mass is 16.1. The van der Waals surface area contributed by atoms with Gasteiger partial charge in [-0.25, -0.2) is 0 Å². The van der Waals surface area contributed by atoms with E-state index in [2.05, 4.69) is 6.92 Å². The molecule has 0 saturated heterocycles. The third-order valence-corrected chi connectivity index (χ3v) is 3.22. The molecule has 0 aromatic heterocycles. The van der Waals surface area contributed by atoms with E-state index in [0.29, 0.717) is 5.92 Å². The summed E-state index contributed by atoms with van der Waals surface area (Å²) in [5.74, 6) is 0.783. The monoisotopic (exact) mass is 197 g/mol. The lowest BCUT2D eigenvalue weighted by atomic mass is 10.1. The van der Waals surface area contributed by atoms with Crippen molar-refractivity contribution in [1.82, 2.24) is 0 Å². The van der Waals surface area contributed by atoms with Crippen LogP contribution in [0.4, 0.5) is 0 Å². The van der Waals surface area contributed by atoms with Crippen LogP contribution in [0.5, 0.6) is 0 Å². The zero-order valence-electron chi connectivity index (χ0n) is 9.30. The Morgan fingerprint density at radius 3 is 2.43 bits per heavy atom. The number of carbonyl (C=O) groups is 1. The van der Waals surface area contributed by atoms with Crippen molar-refractivity contribution < 1.29 is 4.79 Å². The van der Waals surface area contributed by atoms with Gasteiger partial charge in [0.2, 0.25) is 5.91 Å². The van der Waals surface area contributed by atoms with Gasteiger partial charge < -0.3 is 5.73 Å². The van der Waals surface area contributed by atoms with Crippen LogP contribution in [0.1, 0.15) is 58.3 Å². The number of hydrogen-bond acceptors (Lipinski definition) is 1. The highest BCUT2D eigenvalue weighted by molar-refractivity contribution is 5.79. The molecule has 14 heavy (non-hydrogen) atoms. The average Bonchev–Trinajstić information content (AvgIpc) is 2.90. The molecule has 0 heterocycles. The largest absolute Gasteiger partial charge is 0.369 e. The Labute approximate surface area is 87.2 Å². The lowest BCUT2D eigenvalue weighted by Gasteiger charge is -1.99. The second-order valence-corrected chi connectivity index (χ2v) is 4.56. The van der Waals surface area contributed by atoms with Crippen LogP contribution in [0.3, 0.4) is 0 Å². The molecule has 82 valence electrons. The van der Waals surface area contributed by atoms with E-state index in [9.17, 15) is 4.79 Å². The Balaban J connectivity index is 1.84. The van der Waals surface area contributed by atoms with E-state index >= 15 is 0 Å². The number of unbranched alkanes of at least 4 members (excludes halogenated alkanes) is 5. The van der Waals surface area contributed by atoms with Gasteiger partial charge in [-0.3, -0.25) is 4.79 Å². The molecule has 2 atom stereocenters. The van der Waals surface area contributed by atoms with Crippen LogP contribution in [0.2, 0.25) is 0 Å². The van der Waals surface area contributed by atoms with Crippen molar-refractivity contribution in [2.75, 3.05) is 0 Å². The number of rotatable bonds is 8. The van der Waals surface area contributed by atoms with Crippen molar-refractivity contribution >= 4 is 5.91 Å². The van der Waals surface area contributed by atoms with Gasteiger partial charge in [-0.15, -0.1) is 0 Å². The summed E-state index contributed by atoms with van der Waals surface area (Å²) in [6.07, 6.45) is 10.3.